The molecule has 3 heterocycles. The van der Waals surface area contributed by atoms with Gasteiger partial charge in [-0.3, -0.25) is 9.48 Å². The predicted molar refractivity (Wildman–Crippen MR) is 97.2 cm³/mol. The number of amides is 1. The van der Waals surface area contributed by atoms with Crippen molar-refractivity contribution in [1.29, 1.82) is 0 Å². The summed E-state index contributed by atoms with van der Waals surface area (Å²) in [6.07, 6.45) is 3.92. The Kier molecular flexibility index (Phi) is 4.51. The summed E-state index contributed by atoms with van der Waals surface area (Å²) in [5.74, 6) is 0.383. The van der Waals surface area contributed by atoms with Crippen LogP contribution in [0.15, 0.2) is 41.1 Å². The third kappa shape index (κ3) is 3.49. The van der Waals surface area contributed by atoms with E-state index in [1.54, 1.807) is 16.8 Å². The van der Waals surface area contributed by atoms with Crippen LogP contribution in [0, 0.1) is 12.7 Å². The molecule has 7 heteroatoms. The van der Waals surface area contributed by atoms with Gasteiger partial charge in [0.25, 0.3) is 0 Å². The molecule has 1 saturated heterocycles. The van der Waals surface area contributed by atoms with E-state index in [0.717, 1.165) is 35.4 Å². The molecular formula is C20H21FN4O2. The number of aromatic nitrogens is 3. The van der Waals surface area contributed by atoms with Gasteiger partial charge in [-0.15, -0.1) is 0 Å². The Morgan fingerprint density at radius 2 is 2.11 bits per heavy atom. The Balaban J connectivity index is 1.60. The van der Waals surface area contributed by atoms with E-state index < -0.39 is 0 Å². The van der Waals surface area contributed by atoms with Gasteiger partial charge in [-0.05, 0) is 37.5 Å². The molecule has 0 spiro atoms. The quantitative estimate of drug-likeness (QED) is 0.708. The Labute approximate surface area is 156 Å². The smallest absolute Gasteiger partial charge is 0.227 e. The number of aryl methyl sites for hydroxylation is 2. The molecule has 6 nitrogen and oxygen atoms in total. The van der Waals surface area contributed by atoms with Crippen molar-refractivity contribution in [2.45, 2.75) is 32.2 Å². The van der Waals surface area contributed by atoms with Gasteiger partial charge in [-0.25, -0.2) is 4.39 Å². The summed E-state index contributed by atoms with van der Waals surface area (Å²) in [4.78, 5) is 14.8. The maximum absolute atomic E-state index is 13.1. The first kappa shape index (κ1) is 17.5. The maximum atomic E-state index is 13.1. The van der Waals surface area contributed by atoms with Gasteiger partial charge in [0.05, 0.1) is 29.4 Å². The highest BCUT2D eigenvalue weighted by molar-refractivity contribution is 5.80. The number of hydrogen-bond acceptors (Lipinski definition) is 4. The van der Waals surface area contributed by atoms with Crippen LogP contribution >= 0.6 is 0 Å². The van der Waals surface area contributed by atoms with Crippen molar-refractivity contribution in [3.05, 3.63) is 59.3 Å². The molecule has 140 valence electrons. The molecule has 2 aromatic heterocycles. The number of rotatable bonds is 4. The Morgan fingerprint density at radius 1 is 1.33 bits per heavy atom. The number of carbonyl (C=O) groups is 1. The largest absolute Gasteiger partial charge is 0.356 e. The standard InChI is InChI=1S/C20H21FN4O2/c1-13-10-18(27-23-13)16-12-24(2)22-20(16)17-4-3-9-25(17)19(26)11-14-5-7-15(21)8-6-14/h5-8,10,12,17H,3-4,9,11H2,1-2H3/t17-/m1/s1. The van der Waals surface area contributed by atoms with Crippen LogP contribution in [0.1, 0.15) is 35.8 Å². The molecule has 1 fully saturated rings. The normalized spacial score (nSPS) is 16.9. The van der Waals surface area contributed by atoms with Gasteiger partial charge in [-0.1, -0.05) is 17.3 Å². The number of carbonyl (C=O) groups excluding carboxylic acids is 1. The molecule has 1 aliphatic heterocycles. The minimum absolute atomic E-state index is 0.0226. The third-order valence-corrected chi connectivity index (χ3v) is 4.91. The van der Waals surface area contributed by atoms with Crippen LogP contribution in [0.25, 0.3) is 11.3 Å². The SMILES string of the molecule is Cc1cc(-c2cn(C)nc2[C@H]2CCCN2C(=O)Cc2ccc(F)cc2)on1. The van der Waals surface area contributed by atoms with Crippen molar-refractivity contribution in [2.75, 3.05) is 6.54 Å². The average molecular weight is 368 g/mol. The second kappa shape index (κ2) is 6.98. The van der Waals surface area contributed by atoms with Crippen molar-refractivity contribution in [1.82, 2.24) is 19.8 Å². The molecule has 0 aliphatic carbocycles. The van der Waals surface area contributed by atoms with E-state index >= 15 is 0 Å². The van der Waals surface area contributed by atoms with Gasteiger partial charge < -0.3 is 9.42 Å². The number of halogens is 1. The molecule has 3 aromatic rings. The van der Waals surface area contributed by atoms with E-state index in [-0.39, 0.29) is 24.2 Å². The lowest BCUT2D eigenvalue weighted by Gasteiger charge is -2.24. The molecule has 0 unspecified atom stereocenters. The molecular weight excluding hydrogens is 347 g/mol. The van der Waals surface area contributed by atoms with Crippen LogP contribution < -0.4 is 0 Å². The number of nitrogens with zero attached hydrogens (tertiary/aromatic N) is 4. The Hall–Kier alpha value is -2.96. The van der Waals surface area contributed by atoms with Crippen molar-refractivity contribution >= 4 is 5.91 Å². The summed E-state index contributed by atoms with van der Waals surface area (Å²) in [6.45, 7) is 2.56. The monoisotopic (exact) mass is 368 g/mol. The molecule has 27 heavy (non-hydrogen) atoms. The lowest BCUT2D eigenvalue weighted by atomic mass is 10.0. The fourth-order valence-electron chi connectivity index (χ4n) is 3.66. The highest BCUT2D eigenvalue weighted by atomic mass is 19.1. The van der Waals surface area contributed by atoms with Crippen molar-refractivity contribution in [3.8, 4) is 11.3 Å². The summed E-state index contributed by atoms with van der Waals surface area (Å²) < 4.78 is 20.3. The van der Waals surface area contributed by atoms with Crippen LogP contribution in [-0.2, 0) is 18.3 Å². The van der Waals surface area contributed by atoms with E-state index in [0.29, 0.717) is 12.3 Å². The van der Waals surface area contributed by atoms with Crippen LogP contribution in [0.2, 0.25) is 0 Å². The fraction of sp³-hybridized carbons (Fsp3) is 0.350. The molecule has 0 radical (unpaired) electrons. The highest BCUT2D eigenvalue weighted by Crippen LogP contribution is 2.37. The molecule has 1 aromatic carbocycles. The Morgan fingerprint density at radius 3 is 2.81 bits per heavy atom. The minimum atomic E-state index is -0.300. The van der Waals surface area contributed by atoms with E-state index in [1.807, 2.05) is 31.1 Å². The summed E-state index contributed by atoms with van der Waals surface area (Å²) in [7, 11) is 1.86. The van der Waals surface area contributed by atoms with E-state index in [1.165, 1.54) is 12.1 Å². The number of benzene rings is 1. The summed E-state index contributed by atoms with van der Waals surface area (Å²) >= 11 is 0. The molecule has 0 bridgehead atoms. The molecule has 4 rings (SSSR count). The zero-order valence-electron chi connectivity index (χ0n) is 15.4. The van der Waals surface area contributed by atoms with Gasteiger partial charge >= 0.3 is 0 Å². The summed E-state index contributed by atoms with van der Waals surface area (Å²) in [5.41, 5.74) is 3.30. The van der Waals surface area contributed by atoms with Gasteiger partial charge in [0, 0.05) is 25.9 Å². The predicted octanol–water partition coefficient (Wildman–Crippen LogP) is 3.43. The summed E-state index contributed by atoms with van der Waals surface area (Å²) in [5, 5.41) is 8.58. The van der Waals surface area contributed by atoms with Crippen LogP contribution in [0.5, 0.6) is 0 Å². The van der Waals surface area contributed by atoms with Crippen LogP contribution in [0.4, 0.5) is 4.39 Å². The van der Waals surface area contributed by atoms with Gasteiger partial charge in [0.2, 0.25) is 5.91 Å². The van der Waals surface area contributed by atoms with E-state index in [4.69, 9.17) is 4.52 Å². The second-order valence-electron chi connectivity index (χ2n) is 6.98. The fourth-order valence-corrected chi connectivity index (χ4v) is 3.66. The lowest BCUT2D eigenvalue weighted by Crippen LogP contribution is -2.32. The molecule has 0 saturated carbocycles. The Bertz CT molecular complexity index is 961. The molecule has 1 amide bonds. The van der Waals surface area contributed by atoms with Crippen LogP contribution in [-0.4, -0.2) is 32.3 Å². The molecule has 0 N–H and O–H groups in total. The highest BCUT2D eigenvalue weighted by Gasteiger charge is 2.34. The lowest BCUT2D eigenvalue weighted by molar-refractivity contribution is -0.131. The zero-order chi connectivity index (χ0) is 19.0. The maximum Gasteiger partial charge on any atom is 0.227 e. The molecule has 1 aliphatic rings. The van der Waals surface area contributed by atoms with E-state index in [2.05, 4.69) is 10.3 Å². The first-order valence-electron chi connectivity index (χ1n) is 9.02. The number of likely N-dealkylation sites (tertiary alicyclic amines) is 1. The average Bonchev–Trinajstić information content (AvgIpc) is 3.35. The van der Waals surface area contributed by atoms with Crippen molar-refractivity contribution in [3.63, 3.8) is 0 Å². The van der Waals surface area contributed by atoms with E-state index in [9.17, 15) is 9.18 Å². The van der Waals surface area contributed by atoms with Gasteiger partial charge in [0.1, 0.15) is 5.82 Å². The van der Waals surface area contributed by atoms with Gasteiger partial charge in [-0.2, -0.15) is 5.10 Å². The number of hydrogen-bond donors (Lipinski definition) is 0. The van der Waals surface area contributed by atoms with Crippen LogP contribution in [0.3, 0.4) is 0 Å². The van der Waals surface area contributed by atoms with Crippen molar-refractivity contribution < 1.29 is 13.7 Å². The minimum Gasteiger partial charge on any atom is -0.356 e. The van der Waals surface area contributed by atoms with Gasteiger partial charge in [0.15, 0.2) is 5.76 Å². The second-order valence-corrected chi connectivity index (χ2v) is 6.98. The third-order valence-electron chi connectivity index (χ3n) is 4.91. The first-order chi connectivity index (χ1) is 13.0. The zero-order valence-corrected chi connectivity index (χ0v) is 15.4. The first-order valence-corrected chi connectivity index (χ1v) is 9.02. The topological polar surface area (TPSA) is 64.2 Å². The molecule has 1 atom stereocenters. The summed E-state index contributed by atoms with van der Waals surface area (Å²) in [6, 6.07) is 7.85. The van der Waals surface area contributed by atoms with Crippen molar-refractivity contribution in [2.24, 2.45) is 7.05 Å².